The summed E-state index contributed by atoms with van der Waals surface area (Å²) in [5, 5.41) is 0. The average Bonchev–Trinajstić information content (AvgIpc) is 3.11. The lowest BCUT2D eigenvalue weighted by atomic mass is 9.92. The van der Waals surface area contributed by atoms with E-state index in [0.29, 0.717) is 12.6 Å². The number of ether oxygens (including phenoxy) is 1. The van der Waals surface area contributed by atoms with E-state index in [4.69, 9.17) is 4.74 Å². The number of fused-ring (bicyclic) bond motifs is 2. The molecule has 4 heteroatoms. The molecule has 0 saturated carbocycles. The third kappa shape index (κ3) is 5.46. The molecule has 4 aromatic carbocycles. The van der Waals surface area contributed by atoms with Gasteiger partial charge in [0.15, 0.2) is 0 Å². The predicted molar refractivity (Wildman–Crippen MR) is 146 cm³/mol. The van der Waals surface area contributed by atoms with Crippen molar-refractivity contribution >= 4 is 0 Å². The molecule has 6 rings (SSSR count). The summed E-state index contributed by atoms with van der Waals surface area (Å²) in [4.78, 5) is 5.24. The summed E-state index contributed by atoms with van der Waals surface area (Å²) in [5.41, 5.74) is 8.21. The van der Waals surface area contributed by atoms with Crippen LogP contribution in [-0.4, -0.2) is 36.0 Å². The highest BCUT2D eigenvalue weighted by molar-refractivity contribution is 5.44. The van der Waals surface area contributed by atoms with E-state index in [1.54, 1.807) is 12.1 Å². The van der Waals surface area contributed by atoms with E-state index < -0.39 is 0 Å². The van der Waals surface area contributed by atoms with Crippen LogP contribution in [0, 0.1) is 5.82 Å². The van der Waals surface area contributed by atoms with Gasteiger partial charge >= 0.3 is 0 Å². The van der Waals surface area contributed by atoms with Gasteiger partial charge in [0.1, 0.15) is 18.2 Å². The van der Waals surface area contributed by atoms with Gasteiger partial charge in [-0.25, -0.2) is 4.39 Å². The van der Waals surface area contributed by atoms with E-state index in [0.717, 1.165) is 56.9 Å². The van der Waals surface area contributed by atoms with E-state index in [1.807, 2.05) is 12.1 Å². The first kappa shape index (κ1) is 23.9. The van der Waals surface area contributed by atoms with Crippen molar-refractivity contribution in [2.24, 2.45) is 0 Å². The van der Waals surface area contributed by atoms with Crippen molar-refractivity contribution in [2.75, 3.05) is 26.2 Å². The van der Waals surface area contributed by atoms with E-state index in [1.165, 1.54) is 39.9 Å². The van der Waals surface area contributed by atoms with E-state index in [2.05, 4.69) is 70.5 Å². The standard InChI is InChI=1S/C33H33FN2O/c34-29-15-9-26(10-16-29)24-37-30-17-11-25(12-18-30)23-35-19-21-36(22-20-35)33-31-7-3-1-5-27(31)13-14-28-6-2-4-8-32(28)33/h1-12,15-18,33H,13-14,19-24H2. The lowest BCUT2D eigenvalue weighted by Gasteiger charge is -2.40. The zero-order valence-electron chi connectivity index (χ0n) is 21.2. The summed E-state index contributed by atoms with van der Waals surface area (Å²) in [6.45, 7) is 5.63. The SMILES string of the molecule is Fc1ccc(COc2ccc(CN3CCN(C4c5ccccc5CCc5ccccc54)CC3)cc2)cc1. The molecule has 188 valence electrons. The Labute approximate surface area is 219 Å². The van der Waals surface area contributed by atoms with E-state index in [-0.39, 0.29) is 5.82 Å². The van der Waals surface area contributed by atoms with Crippen LogP contribution < -0.4 is 4.74 Å². The van der Waals surface area contributed by atoms with Crippen molar-refractivity contribution in [3.63, 3.8) is 0 Å². The summed E-state index contributed by atoms with van der Waals surface area (Å²) >= 11 is 0. The predicted octanol–water partition coefficient (Wildman–Crippen LogP) is 6.41. The van der Waals surface area contributed by atoms with Crippen LogP contribution in [0.25, 0.3) is 0 Å². The molecule has 37 heavy (non-hydrogen) atoms. The fourth-order valence-electron chi connectivity index (χ4n) is 5.76. The summed E-state index contributed by atoms with van der Waals surface area (Å²) in [5.74, 6) is 0.612. The van der Waals surface area contributed by atoms with Gasteiger partial charge < -0.3 is 4.74 Å². The third-order valence-electron chi connectivity index (χ3n) is 7.78. The second-order valence-electron chi connectivity index (χ2n) is 10.2. The summed E-state index contributed by atoms with van der Waals surface area (Å²) < 4.78 is 19.0. The van der Waals surface area contributed by atoms with Gasteiger partial charge in [0.2, 0.25) is 0 Å². The number of hydrogen-bond acceptors (Lipinski definition) is 3. The molecule has 3 nitrogen and oxygen atoms in total. The van der Waals surface area contributed by atoms with Crippen LogP contribution in [0.3, 0.4) is 0 Å². The molecule has 0 radical (unpaired) electrons. The molecule has 1 aliphatic heterocycles. The van der Waals surface area contributed by atoms with Gasteiger partial charge in [0.25, 0.3) is 0 Å². The number of hydrogen-bond donors (Lipinski definition) is 0. The lowest BCUT2D eigenvalue weighted by Crippen LogP contribution is -2.47. The molecule has 1 saturated heterocycles. The van der Waals surface area contributed by atoms with Gasteiger partial charge in [0.05, 0.1) is 6.04 Å². The van der Waals surface area contributed by atoms with E-state index >= 15 is 0 Å². The lowest BCUT2D eigenvalue weighted by molar-refractivity contribution is 0.104. The van der Waals surface area contributed by atoms with Gasteiger partial charge in [0, 0.05) is 32.7 Å². The van der Waals surface area contributed by atoms with Crippen molar-refractivity contribution < 1.29 is 9.13 Å². The third-order valence-corrected chi connectivity index (χ3v) is 7.78. The van der Waals surface area contributed by atoms with Crippen LogP contribution in [0.15, 0.2) is 97.1 Å². The number of rotatable bonds is 6. The molecular formula is C33H33FN2O. The molecule has 4 aromatic rings. The van der Waals surface area contributed by atoms with Crippen LogP contribution in [0.2, 0.25) is 0 Å². The minimum absolute atomic E-state index is 0.224. The normalized spacial score (nSPS) is 16.6. The van der Waals surface area contributed by atoms with Crippen LogP contribution in [0.1, 0.15) is 39.4 Å². The zero-order valence-corrected chi connectivity index (χ0v) is 21.2. The van der Waals surface area contributed by atoms with Crippen LogP contribution >= 0.6 is 0 Å². The maximum atomic E-state index is 13.1. The second-order valence-corrected chi connectivity index (χ2v) is 10.2. The quantitative estimate of drug-likeness (QED) is 0.309. The number of piperazine rings is 1. The maximum absolute atomic E-state index is 13.1. The highest BCUT2D eigenvalue weighted by atomic mass is 19.1. The Kier molecular flexibility index (Phi) is 7.03. The maximum Gasteiger partial charge on any atom is 0.123 e. The second kappa shape index (κ2) is 10.9. The van der Waals surface area contributed by atoms with Gasteiger partial charge in [-0.15, -0.1) is 0 Å². The molecule has 0 bridgehead atoms. The molecular weight excluding hydrogens is 459 g/mol. The minimum atomic E-state index is -0.224. The van der Waals surface area contributed by atoms with Crippen molar-refractivity contribution in [3.05, 3.63) is 136 Å². The molecule has 0 spiro atoms. The van der Waals surface area contributed by atoms with Gasteiger partial charge in [-0.1, -0.05) is 72.8 Å². The molecule has 0 aromatic heterocycles. The average molecular weight is 493 g/mol. The first-order chi connectivity index (χ1) is 18.2. The number of halogens is 1. The monoisotopic (exact) mass is 492 g/mol. The van der Waals surface area contributed by atoms with Gasteiger partial charge in [-0.05, 0) is 70.5 Å². The van der Waals surface area contributed by atoms with Crippen molar-refractivity contribution in [1.82, 2.24) is 9.80 Å². The summed E-state index contributed by atoms with van der Waals surface area (Å²) in [7, 11) is 0. The molecule has 2 aliphatic rings. The summed E-state index contributed by atoms with van der Waals surface area (Å²) in [6, 6.07) is 33.3. The fraction of sp³-hybridized carbons (Fsp3) is 0.273. The Morgan fingerprint density at radius 2 is 1.22 bits per heavy atom. The Hall–Kier alpha value is -3.47. The molecule has 1 heterocycles. The molecule has 0 atom stereocenters. The molecule has 1 aliphatic carbocycles. The highest BCUT2D eigenvalue weighted by Crippen LogP contribution is 2.37. The number of nitrogens with zero attached hydrogens (tertiary/aromatic N) is 2. The first-order valence-electron chi connectivity index (χ1n) is 13.3. The van der Waals surface area contributed by atoms with Crippen LogP contribution in [-0.2, 0) is 26.0 Å². The van der Waals surface area contributed by atoms with Crippen molar-refractivity contribution in [3.8, 4) is 5.75 Å². The Balaban J connectivity index is 1.08. The topological polar surface area (TPSA) is 15.7 Å². The molecule has 0 amide bonds. The molecule has 0 unspecified atom stereocenters. The Bertz CT molecular complexity index is 1280. The first-order valence-corrected chi connectivity index (χ1v) is 13.3. The number of benzene rings is 4. The summed E-state index contributed by atoms with van der Waals surface area (Å²) in [6.07, 6.45) is 2.24. The van der Waals surface area contributed by atoms with Gasteiger partial charge in [-0.3, -0.25) is 9.80 Å². The van der Waals surface area contributed by atoms with Crippen molar-refractivity contribution in [1.29, 1.82) is 0 Å². The van der Waals surface area contributed by atoms with Crippen LogP contribution in [0.4, 0.5) is 4.39 Å². The minimum Gasteiger partial charge on any atom is -0.489 e. The number of aryl methyl sites for hydroxylation is 2. The largest absolute Gasteiger partial charge is 0.489 e. The zero-order chi connectivity index (χ0) is 25.0. The highest BCUT2D eigenvalue weighted by Gasteiger charge is 2.30. The Morgan fingerprint density at radius 1 is 0.649 bits per heavy atom. The van der Waals surface area contributed by atoms with Gasteiger partial charge in [-0.2, -0.15) is 0 Å². The molecule has 0 N–H and O–H groups in total. The van der Waals surface area contributed by atoms with Crippen molar-refractivity contribution in [2.45, 2.75) is 32.0 Å². The van der Waals surface area contributed by atoms with Crippen LogP contribution in [0.5, 0.6) is 5.75 Å². The Morgan fingerprint density at radius 3 is 1.84 bits per heavy atom. The van der Waals surface area contributed by atoms with E-state index in [9.17, 15) is 4.39 Å². The smallest absolute Gasteiger partial charge is 0.123 e. The molecule has 1 fully saturated rings. The fourth-order valence-corrected chi connectivity index (χ4v) is 5.76.